The number of hydrogen-bond donors (Lipinski definition) is 0. The Morgan fingerprint density at radius 3 is 2.58 bits per heavy atom. The molecule has 4 rings (SSSR count). The van der Waals surface area contributed by atoms with E-state index in [2.05, 4.69) is 0 Å². The topological polar surface area (TPSA) is 93.9 Å². The van der Waals surface area contributed by atoms with Gasteiger partial charge in [-0.3, -0.25) is 9.59 Å². The molecular weight excluding hydrogens is 442 g/mol. The Morgan fingerprint density at radius 2 is 1.94 bits per heavy atom. The van der Waals surface area contributed by atoms with Crippen molar-refractivity contribution in [2.75, 3.05) is 18.1 Å². The molecule has 0 aliphatic carbocycles. The molecule has 33 heavy (non-hydrogen) atoms. The van der Waals surface area contributed by atoms with Crippen LogP contribution in [0.1, 0.15) is 26.0 Å². The molecule has 174 valence electrons. The number of amides is 1. The van der Waals surface area contributed by atoms with Gasteiger partial charge in [-0.25, -0.2) is 8.42 Å². The van der Waals surface area contributed by atoms with Crippen LogP contribution in [0.3, 0.4) is 0 Å². The molecule has 2 unspecified atom stereocenters. The molecule has 7 nitrogen and oxygen atoms in total. The maximum absolute atomic E-state index is 13.1. The summed E-state index contributed by atoms with van der Waals surface area (Å²) in [6.07, 6.45) is -0.374. The number of carbonyl (C=O) groups is 1. The highest BCUT2D eigenvalue weighted by molar-refractivity contribution is 7.91. The first kappa shape index (κ1) is 23.0. The minimum atomic E-state index is -3.10. The first-order valence-corrected chi connectivity index (χ1v) is 12.8. The second-order valence-corrected chi connectivity index (χ2v) is 10.6. The van der Waals surface area contributed by atoms with Crippen LogP contribution in [0, 0.1) is 6.92 Å². The molecule has 2 aromatic carbocycles. The van der Waals surface area contributed by atoms with Crippen molar-refractivity contribution in [3.05, 3.63) is 64.5 Å². The summed E-state index contributed by atoms with van der Waals surface area (Å²) >= 11 is 0. The lowest BCUT2D eigenvalue weighted by Gasteiger charge is -2.29. The molecule has 1 aromatic heterocycles. The van der Waals surface area contributed by atoms with Gasteiger partial charge in [-0.05, 0) is 44.9 Å². The van der Waals surface area contributed by atoms with Crippen LogP contribution in [0.25, 0.3) is 22.1 Å². The SMILES string of the molecule is CCN(C(=O)C(C)Oc1ccc2c(=O)c(-c3ccccc3)c(C)oc2c1)C1CCS(=O)(=O)C1. The predicted molar refractivity (Wildman–Crippen MR) is 127 cm³/mol. The fraction of sp³-hybridized carbons (Fsp3) is 0.360. The van der Waals surface area contributed by atoms with E-state index in [1.807, 2.05) is 37.3 Å². The molecule has 0 spiro atoms. The standard InChI is InChI=1S/C25H27NO6S/c1-4-26(19-12-13-33(29,30)15-19)25(28)17(3)31-20-10-11-21-22(14-20)32-16(2)23(24(21)27)18-8-6-5-7-9-18/h5-11,14,17,19H,4,12-13,15H2,1-3H3. The Labute approximate surface area is 192 Å². The zero-order valence-corrected chi connectivity index (χ0v) is 19.7. The van der Waals surface area contributed by atoms with E-state index >= 15 is 0 Å². The van der Waals surface area contributed by atoms with E-state index in [1.165, 1.54) is 0 Å². The normalized spacial score (nSPS) is 18.2. The summed E-state index contributed by atoms with van der Waals surface area (Å²) in [4.78, 5) is 27.7. The lowest BCUT2D eigenvalue weighted by molar-refractivity contribution is -0.139. The fourth-order valence-corrected chi connectivity index (χ4v) is 6.13. The number of rotatable bonds is 6. The molecule has 0 N–H and O–H groups in total. The fourth-order valence-electron chi connectivity index (χ4n) is 4.40. The van der Waals surface area contributed by atoms with Gasteiger partial charge in [0.25, 0.3) is 5.91 Å². The van der Waals surface area contributed by atoms with Gasteiger partial charge >= 0.3 is 0 Å². The molecule has 3 aromatic rings. The number of benzene rings is 2. The third kappa shape index (κ3) is 4.66. The van der Waals surface area contributed by atoms with Crippen LogP contribution < -0.4 is 10.2 Å². The Hall–Kier alpha value is -3.13. The van der Waals surface area contributed by atoms with Crippen molar-refractivity contribution < 1.29 is 22.4 Å². The van der Waals surface area contributed by atoms with Gasteiger partial charge in [-0.1, -0.05) is 30.3 Å². The van der Waals surface area contributed by atoms with Crippen molar-refractivity contribution in [2.45, 2.75) is 39.3 Å². The van der Waals surface area contributed by atoms with Crippen LogP contribution in [-0.4, -0.2) is 49.4 Å². The van der Waals surface area contributed by atoms with Crippen molar-refractivity contribution in [1.29, 1.82) is 0 Å². The largest absolute Gasteiger partial charge is 0.481 e. The number of fused-ring (bicyclic) bond motifs is 1. The summed E-state index contributed by atoms with van der Waals surface area (Å²) in [5.74, 6) is 0.721. The van der Waals surface area contributed by atoms with Gasteiger partial charge in [0.05, 0.1) is 22.5 Å². The summed E-state index contributed by atoms with van der Waals surface area (Å²) in [6, 6.07) is 13.9. The second-order valence-electron chi connectivity index (χ2n) is 8.33. The first-order valence-electron chi connectivity index (χ1n) is 11.0. The Morgan fingerprint density at radius 1 is 1.21 bits per heavy atom. The summed E-state index contributed by atoms with van der Waals surface area (Å²) < 4.78 is 35.5. The molecule has 1 saturated heterocycles. The Kier molecular flexibility index (Phi) is 6.30. The number of nitrogens with zero attached hydrogens (tertiary/aromatic N) is 1. The third-order valence-electron chi connectivity index (χ3n) is 6.04. The zero-order valence-electron chi connectivity index (χ0n) is 18.9. The average molecular weight is 470 g/mol. The van der Waals surface area contributed by atoms with Gasteiger partial charge in [-0.2, -0.15) is 0 Å². The van der Waals surface area contributed by atoms with E-state index in [0.717, 1.165) is 5.56 Å². The van der Waals surface area contributed by atoms with Crippen molar-refractivity contribution in [2.24, 2.45) is 0 Å². The Balaban J connectivity index is 1.58. The number of aryl methyl sites for hydroxylation is 1. The van der Waals surface area contributed by atoms with Crippen LogP contribution >= 0.6 is 0 Å². The van der Waals surface area contributed by atoms with E-state index in [0.29, 0.717) is 41.0 Å². The van der Waals surface area contributed by atoms with Crippen molar-refractivity contribution >= 4 is 26.7 Å². The number of hydrogen-bond acceptors (Lipinski definition) is 6. The van der Waals surface area contributed by atoms with Crippen LogP contribution in [0.5, 0.6) is 5.75 Å². The van der Waals surface area contributed by atoms with Crippen molar-refractivity contribution in [3.8, 4) is 16.9 Å². The molecule has 0 bridgehead atoms. The number of sulfone groups is 1. The van der Waals surface area contributed by atoms with Gasteiger partial charge in [0.2, 0.25) is 5.43 Å². The second kappa shape index (κ2) is 9.02. The molecule has 0 saturated carbocycles. The Bertz CT molecular complexity index is 1350. The van der Waals surface area contributed by atoms with Gasteiger partial charge in [0.15, 0.2) is 15.9 Å². The highest BCUT2D eigenvalue weighted by atomic mass is 32.2. The molecule has 2 atom stereocenters. The van der Waals surface area contributed by atoms with E-state index in [-0.39, 0.29) is 28.9 Å². The number of ether oxygens (including phenoxy) is 1. The molecule has 0 radical (unpaired) electrons. The minimum absolute atomic E-state index is 0.0105. The molecule has 8 heteroatoms. The van der Waals surface area contributed by atoms with Crippen LogP contribution in [-0.2, 0) is 14.6 Å². The lowest BCUT2D eigenvalue weighted by atomic mass is 10.0. The van der Waals surface area contributed by atoms with Crippen LogP contribution in [0.4, 0.5) is 0 Å². The number of carbonyl (C=O) groups excluding carboxylic acids is 1. The van der Waals surface area contributed by atoms with Gasteiger partial charge in [-0.15, -0.1) is 0 Å². The minimum Gasteiger partial charge on any atom is -0.481 e. The monoisotopic (exact) mass is 469 g/mol. The summed E-state index contributed by atoms with van der Waals surface area (Å²) in [6.45, 7) is 5.62. The van der Waals surface area contributed by atoms with E-state index in [9.17, 15) is 18.0 Å². The van der Waals surface area contributed by atoms with E-state index < -0.39 is 15.9 Å². The maximum atomic E-state index is 13.1. The van der Waals surface area contributed by atoms with Crippen LogP contribution in [0.2, 0.25) is 0 Å². The van der Waals surface area contributed by atoms with Gasteiger partial charge in [0.1, 0.15) is 17.1 Å². The summed E-state index contributed by atoms with van der Waals surface area (Å²) in [5, 5.41) is 0.428. The van der Waals surface area contributed by atoms with E-state index in [4.69, 9.17) is 9.15 Å². The summed E-state index contributed by atoms with van der Waals surface area (Å²) in [7, 11) is -3.10. The van der Waals surface area contributed by atoms with Crippen molar-refractivity contribution in [1.82, 2.24) is 4.90 Å². The van der Waals surface area contributed by atoms with Crippen molar-refractivity contribution in [3.63, 3.8) is 0 Å². The van der Waals surface area contributed by atoms with E-state index in [1.54, 1.807) is 36.9 Å². The predicted octanol–water partition coefficient (Wildman–Crippen LogP) is 3.57. The zero-order chi connectivity index (χ0) is 23.8. The van der Waals surface area contributed by atoms with Gasteiger partial charge in [0, 0.05) is 18.7 Å². The maximum Gasteiger partial charge on any atom is 0.263 e. The highest BCUT2D eigenvalue weighted by Crippen LogP contribution is 2.27. The smallest absolute Gasteiger partial charge is 0.263 e. The van der Waals surface area contributed by atoms with Crippen LogP contribution in [0.15, 0.2) is 57.7 Å². The highest BCUT2D eigenvalue weighted by Gasteiger charge is 2.35. The molecular formula is C25H27NO6S. The molecule has 1 fully saturated rings. The molecule has 1 aliphatic heterocycles. The quantitative estimate of drug-likeness (QED) is 0.548. The first-order chi connectivity index (χ1) is 15.7. The molecule has 1 aliphatic rings. The van der Waals surface area contributed by atoms with Gasteiger partial charge < -0.3 is 14.1 Å². The number of likely N-dealkylation sites (N-methyl/N-ethyl adjacent to an activating group) is 1. The average Bonchev–Trinajstić information content (AvgIpc) is 3.14. The molecule has 2 heterocycles. The third-order valence-corrected chi connectivity index (χ3v) is 7.79. The lowest BCUT2D eigenvalue weighted by Crippen LogP contribution is -2.46. The summed E-state index contributed by atoms with van der Waals surface area (Å²) in [5.41, 5.74) is 1.56. The molecule has 1 amide bonds.